The molecule has 0 aliphatic carbocycles. The monoisotopic (exact) mass is 255 g/mol. The minimum atomic E-state index is 0.518. The van der Waals surface area contributed by atoms with Crippen molar-refractivity contribution >= 4 is 0 Å². The Labute approximate surface area is 114 Å². The second kappa shape index (κ2) is 5.57. The SMILES string of the molecule is CC(c1ccccc1)N1CCC(c2ccn[nH]2)CC1. The highest BCUT2D eigenvalue weighted by Gasteiger charge is 2.24. The summed E-state index contributed by atoms with van der Waals surface area (Å²) in [6.07, 6.45) is 4.30. The minimum absolute atomic E-state index is 0.518. The van der Waals surface area contributed by atoms with Crippen molar-refractivity contribution in [1.82, 2.24) is 15.1 Å². The van der Waals surface area contributed by atoms with Gasteiger partial charge in [0.2, 0.25) is 0 Å². The molecule has 2 aromatic rings. The number of H-pyrrole nitrogens is 1. The number of aromatic amines is 1. The first-order valence-electron chi connectivity index (χ1n) is 7.13. The third-order valence-corrected chi connectivity index (χ3v) is 4.32. The van der Waals surface area contributed by atoms with Gasteiger partial charge < -0.3 is 0 Å². The molecule has 1 saturated heterocycles. The summed E-state index contributed by atoms with van der Waals surface area (Å²) in [6, 6.07) is 13.4. The topological polar surface area (TPSA) is 31.9 Å². The van der Waals surface area contributed by atoms with E-state index in [9.17, 15) is 0 Å². The van der Waals surface area contributed by atoms with Gasteiger partial charge in [-0.05, 0) is 44.5 Å². The summed E-state index contributed by atoms with van der Waals surface area (Å²) in [6.45, 7) is 4.64. The van der Waals surface area contributed by atoms with Gasteiger partial charge in [0, 0.05) is 23.9 Å². The number of hydrogen-bond acceptors (Lipinski definition) is 2. The van der Waals surface area contributed by atoms with E-state index < -0.39 is 0 Å². The standard InChI is InChI=1S/C16H21N3/c1-13(14-5-3-2-4-6-14)19-11-8-15(9-12-19)16-7-10-17-18-16/h2-7,10,13,15H,8-9,11-12H2,1H3,(H,17,18). The molecule has 1 N–H and O–H groups in total. The fourth-order valence-electron chi connectivity index (χ4n) is 3.03. The van der Waals surface area contributed by atoms with E-state index in [0.29, 0.717) is 12.0 Å². The molecule has 1 atom stereocenters. The van der Waals surface area contributed by atoms with E-state index in [1.165, 1.54) is 37.2 Å². The van der Waals surface area contributed by atoms with Gasteiger partial charge in [-0.3, -0.25) is 10.00 Å². The van der Waals surface area contributed by atoms with Crippen LogP contribution in [0.25, 0.3) is 0 Å². The molecular formula is C16H21N3. The number of nitrogens with one attached hydrogen (secondary N) is 1. The van der Waals surface area contributed by atoms with Crippen molar-refractivity contribution in [2.24, 2.45) is 0 Å². The van der Waals surface area contributed by atoms with Crippen LogP contribution in [0.5, 0.6) is 0 Å². The Morgan fingerprint density at radius 1 is 1.16 bits per heavy atom. The minimum Gasteiger partial charge on any atom is -0.297 e. The Morgan fingerprint density at radius 3 is 2.53 bits per heavy atom. The van der Waals surface area contributed by atoms with Crippen molar-refractivity contribution in [1.29, 1.82) is 0 Å². The molecule has 3 rings (SSSR count). The third-order valence-electron chi connectivity index (χ3n) is 4.32. The lowest BCUT2D eigenvalue weighted by Gasteiger charge is -2.36. The molecule has 1 aliphatic heterocycles. The van der Waals surface area contributed by atoms with Crippen molar-refractivity contribution in [3.05, 3.63) is 53.9 Å². The van der Waals surface area contributed by atoms with Gasteiger partial charge in [-0.25, -0.2) is 0 Å². The molecule has 3 nitrogen and oxygen atoms in total. The fourth-order valence-corrected chi connectivity index (χ4v) is 3.03. The molecule has 1 fully saturated rings. The molecule has 1 aromatic carbocycles. The molecule has 3 heteroatoms. The molecule has 1 aromatic heterocycles. The molecule has 0 bridgehead atoms. The van der Waals surface area contributed by atoms with Crippen LogP contribution in [0.4, 0.5) is 0 Å². The van der Waals surface area contributed by atoms with Crippen LogP contribution in [-0.4, -0.2) is 28.2 Å². The molecule has 0 amide bonds. The zero-order valence-electron chi connectivity index (χ0n) is 11.4. The van der Waals surface area contributed by atoms with Crippen molar-refractivity contribution in [3.8, 4) is 0 Å². The zero-order chi connectivity index (χ0) is 13.1. The van der Waals surface area contributed by atoms with Crippen LogP contribution in [0.1, 0.15) is 43.0 Å². The van der Waals surface area contributed by atoms with Crippen molar-refractivity contribution in [2.75, 3.05) is 13.1 Å². The maximum Gasteiger partial charge on any atom is 0.0490 e. The van der Waals surface area contributed by atoms with E-state index in [1.807, 2.05) is 6.20 Å². The van der Waals surface area contributed by atoms with E-state index >= 15 is 0 Å². The molecule has 1 aliphatic rings. The van der Waals surface area contributed by atoms with E-state index in [1.54, 1.807) is 0 Å². The number of piperidine rings is 1. The van der Waals surface area contributed by atoms with Crippen LogP contribution in [0.3, 0.4) is 0 Å². The first kappa shape index (κ1) is 12.4. The highest BCUT2D eigenvalue weighted by Crippen LogP contribution is 2.30. The molecular weight excluding hydrogens is 234 g/mol. The van der Waals surface area contributed by atoms with Gasteiger partial charge in [-0.15, -0.1) is 0 Å². The summed E-state index contributed by atoms with van der Waals surface area (Å²) in [5.41, 5.74) is 2.72. The summed E-state index contributed by atoms with van der Waals surface area (Å²) in [4.78, 5) is 2.59. The second-order valence-corrected chi connectivity index (χ2v) is 5.41. The molecule has 2 heterocycles. The lowest BCUT2D eigenvalue weighted by atomic mass is 9.92. The van der Waals surface area contributed by atoms with E-state index in [2.05, 4.69) is 58.4 Å². The lowest BCUT2D eigenvalue weighted by Crippen LogP contribution is -2.35. The molecule has 1 unspecified atom stereocenters. The molecule has 0 saturated carbocycles. The maximum absolute atomic E-state index is 4.06. The van der Waals surface area contributed by atoms with Crippen LogP contribution >= 0.6 is 0 Å². The summed E-state index contributed by atoms with van der Waals surface area (Å²) in [5.74, 6) is 0.654. The smallest absolute Gasteiger partial charge is 0.0490 e. The van der Waals surface area contributed by atoms with Crippen LogP contribution in [-0.2, 0) is 0 Å². The molecule has 100 valence electrons. The summed E-state index contributed by atoms with van der Waals surface area (Å²) >= 11 is 0. The number of rotatable bonds is 3. The van der Waals surface area contributed by atoms with Crippen molar-refractivity contribution in [3.63, 3.8) is 0 Å². The van der Waals surface area contributed by atoms with Gasteiger partial charge in [0.1, 0.15) is 0 Å². The van der Waals surface area contributed by atoms with E-state index in [-0.39, 0.29) is 0 Å². The van der Waals surface area contributed by atoms with E-state index in [0.717, 1.165) is 0 Å². The average molecular weight is 255 g/mol. The number of hydrogen-bond donors (Lipinski definition) is 1. The number of nitrogens with zero attached hydrogens (tertiary/aromatic N) is 2. The van der Waals surface area contributed by atoms with Crippen LogP contribution in [0.2, 0.25) is 0 Å². The highest BCUT2D eigenvalue weighted by molar-refractivity contribution is 5.18. The Bertz CT molecular complexity index is 484. The fraction of sp³-hybridized carbons (Fsp3) is 0.438. The van der Waals surface area contributed by atoms with Crippen molar-refractivity contribution in [2.45, 2.75) is 31.7 Å². The Morgan fingerprint density at radius 2 is 1.89 bits per heavy atom. The van der Waals surface area contributed by atoms with Gasteiger partial charge in [-0.1, -0.05) is 30.3 Å². The Hall–Kier alpha value is -1.61. The van der Waals surface area contributed by atoms with Gasteiger partial charge in [0.25, 0.3) is 0 Å². The normalized spacial score (nSPS) is 19.4. The third kappa shape index (κ3) is 2.71. The second-order valence-electron chi connectivity index (χ2n) is 5.41. The molecule has 0 radical (unpaired) electrons. The lowest BCUT2D eigenvalue weighted by molar-refractivity contribution is 0.161. The maximum atomic E-state index is 4.06. The van der Waals surface area contributed by atoms with E-state index in [4.69, 9.17) is 0 Å². The predicted molar refractivity (Wildman–Crippen MR) is 77.0 cm³/mol. The van der Waals surface area contributed by atoms with Crippen LogP contribution < -0.4 is 0 Å². The van der Waals surface area contributed by atoms with Gasteiger partial charge >= 0.3 is 0 Å². The van der Waals surface area contributed by atoms with Crippen LogP contribution in [0, 0.1) is 0 Å². The van der Waals surface area contributed by atoms with Gasteiger partial charge in [0.05, 0.1) is 0 Å². The largest absolute Gasteiger partial charge is 0.297 e. The molecule has 19 heavy (non-hydrogen) atoms. The Balaban J connectivity index is 1.61. The van der Waals surface area contributed by atoms with Gasteiger partial charge in [-0.2, -0.15) is 5.10 Å². The first-order chi connectivity index (χ1) is 9.34. The average Bonchev–Trinajstić information content (AvgIpc) is 3.02. The zero-order valence-corrected chi connectivity index (χ0v) is 11.4. The summed E-state index contributed by atoms with van der Waals surface area (Å²) < 4.78 is 0. The predicted octanol–water partition coefficient (Wildman–Crippen LogP) is 3.35. The highest BCUT2D eigenvalue weighted by atomic mass is 15.2. The quantitative estimate of drug-likeness (QED) is 0.912. The first-order valence-corrected chi connectivity index (χ1v) is 7.13. The molecule has 0 spiro atoms. The number of benzene rings is 1. The van der Waals surface area contributed by atoms with Crippen molar-refractivity contribution < 1.29 is 0 Å². The van der Waals surface area contributed by atoms with Crippen LogP contribution in [0.15, 0.2) is 42.6 Å². The summed E-state index contributed by atoms with van der Waals surface area (Å²) in [5, 5.41) is 7.17. The number of likely N-dealkylation sites (tertiary alicyclic amines) is 1. The summed E-state index contributed by atoms with van der Waals surface area (Å²) in [7, 11) is 0. The number of aromatic nitrogens is 2. The Kier molecular flexibility index (Phi) is 3.65. The van der Waals surface area contributed by atoms with Gasteiger partial charge in [0.15, 0.2) is 0 Å².